The molecule has 2 aromatic heterocycles. The molecule has 0 aliphatic heterocycles. The third kappa shape index (κ3) is 10.1. The van der Waals surface area contributed by atoms with E-state index in [-0.39, 0.29) is 5.78 Å². The first-order chi connectivity index (χ1) is 26.5. The van der Waals surface area contributed by atoms with Crippen molar-refractivity contribution in [2.75, 3.05) is 12.5 Å². The lowest BCUT2D eigenvalue weighted by Crippen LogP contribution is -2.25. The molecule has 4 aromatic carbocycles. The molecule has 0 saturated heterocycles. The highest BCUT2D eigenvalue weighted by molar-refractivity contribution is 7.98. The van der Waals surface area contributed by atoms with Gasteiger partial charge in [-0.25, -0.2) is 19.9 Å². The highest BCUT2D eigenvalue weighted by Gasteiger charge is 2.32. The molecule has 0 radical (unpaired) electrons. The Hall–Kier alpha value is -5.07. The second-order valence-electron chi connectivity index (χ2n) is 12.7. The first kappa shape index (κ1) is 38.6. The Labute approximate surface area is 325 Å². The second kappa shape index (κ2) is 19.3. The van der Waals surface area contributed by atoms with Crippen LogP contribution in [0.5, 0.6) is 11.5 Å². The van der Waals surface area contributed by atoms with Gasteiger partial charge in [-0.2, -0.15) is 0 Å². The summed E-state index contributed by atoms with van der Waals surface area (Å²) in [5.74, 6) is 0.0909. The fourth-order valence-electron chi connectivity index (χ4n) is 6.26. The molecule has 9 nitrogen and oxygen atoms in total. The van der Waals surface area contributed by atoms with Crippen LogP contribution >= 0.6 is 23.5 Å². The molecule has 0 aliphatic carbocycles. The minimum atomic E-state index is -0.602. The van der Waals surface area contributed by atoms with Gasteiger partial charge in [-0.05, 0) is 59.0 Å². The van der Waals surface area contributed by atoms with Gasteiger partial charge >= 0.3 is 0 Å². The maximum atomic E-state index is 15.4. The third-order valence-corrected chi connectivity index (χ3v) is 10.3. The molecule has 276 valence electrons. The number of hydrogen-bond acceptors (Lipinski definition) is 11. The van der Waals surface area contributed by atoms with E-state index in [2.05, 4.69) is 9.97 Å². The van der Waals surface area contributed by atoms with Gasteiger partial charge in [-0.1, -0.05) is 108 Å². The molecule has 2 unspecified atom stereocenters. The quantitative estimate of drug-likeness (QED) is 0.0659. The molecule has 2 heterocycles. The number of hydrogen-bond donors (Lipinski definition) is 2. The van der Waals surface area contributed by atoms with E-state index >= 15 is 4.79 Å². The summed E-state index contributed by atoms with van der Waals surface area (Å²) < 4.78 is 12.7. The number of ether oxygens (including phenoxy) is 2. The second-order valence-corrected chi connectivity index (χ2v) is 14.2. The van der Waals surface area contributed by atoms with Crippen LogP contribution in [0.2, 0.25) is 0 Å². The van der Waals surface area contributed by atoms with Gasteiger partial charge in [-0.3, -0.25) is 4.79 Å². The van der Waals surface area contributed by atoms with Crippen LogP contribution in [-0.2, 0) is 43.9 Å². The molecule has 0 saturated carbocycles. The Bertz CT molecular complexity index is 1990. The zero-order valence-electron chi connectivity index (χ0n) is 30.4. The summed E-state index contributed by atoms with van der Waals surface area (Å²) in [6.45, 7) is 1.32. The predicted molar refractivity (Wildman–Crippen MR) is 216 cm³/mol. The zero-order chi connectivity index (χ0) is 37.7. The van der Waals surface area contributed by atoms with Crippen molar-refractivity contribution >= 4 is 29.3 Å². The van der Waals surface area contributed by atoms with E-state index in [0.717, 1.165) is 44.8 Å². The van der Waals surface area contributed by atoms with Crippen molar-refractivity contribution in [2.24, 2.45) is 11.5 Å². The van der Waals surface area contributed by atoms with Crippen LogP contribution < -0.4 is 20.9 Å². The van der Waals surface area contributed by atoms with Crippen LogP contribution in [0, 0.1) is 0 Å². The van der Waals surface area contributed by atoms with Gasteiger partial charge in [0.15, 0.2) is 10.3 Å². The fraction of sp³-hybridized carbons (Fsp3) is 0.233. The van der Waals surface area contributed by atoms with Crippen molar-refractivity contribution in [2.45, 2.75) is 61.3 Å². The van der Waals surface area contributed by atoms with Crippen molar-refractivity contribution in [3.63, 3.8) is 0 Å². The maximum absolute atomic E-state index is 15.4. The summed E-state index contributed by atoms with van der Waals surface area (Å²) in [4.78, 5) is 33.8. The topological polar surface area (TPSA) is 139 Å². The smallest absolute Gasteiger partial charge is 0.187 e. The van der Waals surface area contributed by atoms with Crippen molar-refractivity contribution in [1.29, 1.82) is 0 Å². The highest BCUT2D eigenvalue weighted by Crippen LogP contribution is 2.36. The standard InChI is InChI=1S/C43H44N6O3S2/c1-53-42-46-19-17-35(48-42)23-37(31-13-15-33(25-44)39(21-31)51-27-29-9-5-3-6-10-29)41(50)38(24-36-18-20-47-43(49-36)54-2)32-14-16-34(26-45)40(22-32)52-28-30-11-7-4-8-12-30/h3-22,37-38H,23-28,44-45H2,1-2H3. The zero-order valence-corrected chi connectivity index (χ0v) is 32.1. The molecule has 0 spiro atoms. The summed E-state index contributed by atoms with van der Waals surface area (Å²) >= 11 is 2.92. The van der Waals surface area contributed by atoms with E-state index in [1.807, 2.05) is 122 Å². The molecular weight excluding hydrogens is 713 g/mol. The van der Waals surface area contributed by atoms with Crippen LogP contribution in [0.1, 0.15) is 56.6 Å². The van der Waals surface area contributed by atoms with Crippen molar-refractivity contribution in [3.05, 3.63) is 166 Å². The van der Waals surface area contributed by atoms with Crippen LogP contribution in [0.25, 0.3) is 0 Å². The molecule has 6 rings (SSSR count). The maximum Gasteiger partial charge on any atom is 0.187 e. The van der Waals surface area contributed by atoms with E-state index in [0.29, 0.717) is 61.0 Å². The lowest BCUT2D eigenvalue weighted by Gasteiger charge is -2.25. The normalized spacial score (nSPS) is 12.2. The van der Waals surface area contributed by atoms with Gasteiger partial charge in [-0.15, -0.1) is 0 Å². The predicted octanol–water partition coefficient (Wildman–Crippen LogP) is 7.71. The van der Waals surface area contributed by atoms with Crippen LogP contribution in [0.4, 0.5) is 0 Å². The Balaban J connectivity index is 1.43. The number of ketones is 1. The van der Waals surface area contributed by atoms with E-state index in [1.165, 1.54) is 23.5 Å². The van der Waals surface area contributed by atoms with Gasteiger partial charge in [0, 0.05) is 72.7 Å². The number of thioether (sulfide) groups is 2. The monoisotopic (exact) mass is 756 g/mol. The van der Waals surface area contributed by atoms with Gasteiger partial charge in [0.05, 0.1) is 0 Å². The van der Waals surface area contributed by atoms with Gasteiger partial charge in [0.2, 0.25) is 0 Å². The van der Waals surface area contributed by atoms with Crippen molar-refractivity contribution in [3.8, 4) is 11.5 Å². The Morgan fingerprint density at radius 1 is 0.611 bits per heavy atom. The largest absolute Gasteiger partial charge is 0.489 e. The lowest BCUT2D eigenvalue weighted by molar-refractivity contribution is -0.122. The van der Waals surface area contributed by atoms with Crippen molar-refractivity contribution < 1.29 is 14.3 Å². The highest BCUT2D eigenvalue weighted by atomic mass is 32.2. The minimum Gasteiger partial charge on any atom is -0.489 e. The summed E-state index contributed by atoms with van der Waals surface area (Å²) in [5, 5.41) is 1.28. The molecule has 0 fully saturated rings. The number of nitrogens with zero attached hydrogens (tertiary/aromatic N) is 4. The Morgan fingerprint density at radius 3 is 1.43 bits per heavy atom. The molecule has 0 amide bonds. The molecule has 11 heteroatoms. The molecule has 4 N–H and O–H groups in total. The molecule has 54 heavy (non-hydrogen) atoms. The lowest BCUT2D eigenvalue weighted by atomic mass is 9.79. The Kier molecular flexibility index (Phi) is 13.8. The molecule has 6 aromatic rings. The van der Waals surface area contributed by atoms with Crippen LogP contribution in [-0.4, -0.2) is 38.2 Å². The summed E-state index contributed by atoms with van der Waals surface area (Å²) in [7, 11) is 0. The first-order valence-corrected chi connectivity index (χ1v) is 20.2. The minimum absolute atomic E-state index is 0.00708. The molecular formula is C43H44N6O3S2. The summed E-state index contributed by atoms with van der Waals surface area (Å²) in [6, 6.07) is 35.5. The number of nitrogens with two attached hydrogens (primary N) is 2. The van der Waals surface area contributed by atoms with Crippen LogP contribution in [0.15, 0.2) is 132 Å². The summed E-state index contributed by atoms with van der Waals surface area (Å²) in [5.41, 5.74) is 19.3. The number of aromatic nitrogens is 4. The molecule has 2 atom stereocenters. The number of carbonyl (C=O) groups excluding carboxylic acids is 1. The number of carbonyl (C=O) groups is 1. The van der Waals surface area contributed by atoms with Gasteiger partial charge in [0.1, 0.15) is 30.5 Å². The molecule has 0 bridgehead atoms. The van der Waals surface area contributed by atoms with E-state index in [4.69, 9.17) is 30.9 Å². The SMILES string of the molecule is CSc1nccc(CC(C(=O)C(Cc2ccnc(SC)n2)c2ccc(CN)c(OCc3ccccc3)c2)c2ccc(CN)c(OCc3ccccc3)c2)n1. The molecule has 0 aliphatic rings. The van der Waals surface area contributed by atoms with Gasteiger partial charge in [0.25, 0.3) is 0 Å². The van der Waals surface area contributed by atoms with E-state index in [1.54, 1.807) is 12.4 Å². The first-order valence-electron chi connectivity index (χ1n) is 17.7. The Morgan fingerprint density at radius 2 is 1.04 bits per heavy atom. The van der Waals surface area contributed by atoms with E-state index in [9.17, 15) is 0 Å². The summed E-state index contributed by atoms with van der Waals surface area (Å²) in [6.07, 6.45) is 8.06. The average molecular weight is 757 g/mol. The van der Waals surface area contributed by atoms with Gasteiger partial charge < -0.3 is 20.9 Å². The third-order valence-electron chi connectivity index (χ3n) is 9.16. The number of Topliss-reactive ketones (excluding diaryl/α,β-unsaturated/α-hetero) is 1. The number of rotatable bonds is 18. The van der Waals surface area contributed by atoms with Crippen LogP contribution in [0.3, 0.4) is 0 Å². The number of benzene rings is 4. The van der Waals surface area contributed by atoms with Crippen molar-refractivity contribution in [1.82, 2.24) is 19.9 Å². The van der Waals surface area contributed by atoms with E-state index < -0.39 is 11.8 Å². The fourth-order valence-corrected chi connectivity index (χ4v) is 7.00. The average Bonchev–Trinajstić information content (AvgIpc) is 3.23.